The van der Waals surface area contributed by atoms with E-state index in [1.807, 2.05) is 18.0 Å². The number of amides is 1. The molecule has 0 radical (unpaired) electrons. The summed E-state index contributed by atoms with van der Waals surface area (Å²) in [6.45, 7) is 4.72. The molecule has 3 aromatic heterocycles. The number of aliphatic hydroxyl groups is 1. The molecule has 0 fully saturated rings. The summed E-state index contributed by atoms with van der Waals surface area (Å²) in [6, 6.07) is 4.93. The van der Waals surface area contributed by atoms with E-state index >= 15 is 0 Å². The number of likely N-dealkylation sites (N-methyl/N-ethyl adjacent to an activating group) is 1. The summed E-state index contributed by atoms with van der Waals surface area (Å²) in [5.74, 6) is -3.70. The summed E-state index contributed by atoms with van der Waals surface area (Å²) < 4.78 is 29.3. The summed E-state index contributed by atoms with van der Waals surface area (Å²) in [6.07, 6.45) is 0.718. The fourth-order valence-electron chi connectivity index (χ4n) is 3.62. The molecule has 0 spiro atoms. The highest BCUT2D eigenvalue weighted by atomic mass is 19.3. The number of halogens is 2. The Morgan fingerprint density at radius 3 is 2.70 bits per heavy atom. The van der Waals surface area contributed by atoms with Gasteiger partial charge >= 0.3 is 5.92 Å². The average molecular weight is 458 g/mol. The maximum absolute atomic E-state index is 13.9. The molecule has 12 heteroatoms. The van der Waals surface area contributed by atoms with Crippen molar-refractivity contribution in [2.75, 3.05) is 24.2 Å². The number of rotatable bonds is 5. The number of β-amino-alcohol motifs (C(OH)–C–C–N with tert-alkyl or cyclic N) is 1. The fourth-order valence-corrected chi connectivity index (χ4v) is 3.62. The number of fused-ring (bicyclic) bond motifs is 1. The SMILES string of the molecule is CC(=O)Nc1cc(Nc2cc(C)nc(C(C)(F)F)n2)c(-c2cc3n(n2)C(O)CN(C)C3)cn1. The second-order valence-electron chi connectivity index (χ2n) is 8.17. The van der Waals surface area contributed by atoms with Gasteiger partial charge in [-0.05, 0) is 20.0 Å². The van der Waals surface area contributed by atoms with Crippen LogP contribution in [0.3, 0.4) is 0 Å². The maximum Gasteiger partial charge on any atom is 0.303 e. The number of nitrogens with zero attached hydrogens (tertiary/aromatic N) is 6. The molecule has 3 N–H and O–H groups in total. The molecule has 174 valence electrons. The van der Waals surface area contributed by atoms with E-state index in [1.54, 1.807) is 17.7 Å². The van der Waals surface area contributed by atoms with Crippen LogP contribution >= 0.6 is 0 Å². The molecule has 33 heavy (non-hydrogen) atoms. The molecular formula is C21H24F2N8O2. The van der Waals surface area contributed by atoms with Gasteiger partial charge in [0, 0.05) is 56.5 Å². The minimum atomic E-state index is -3.21. The van der Waals surface area contributed by atoms with Crippen LogP contribution < -0.4 is 10.6 Å². The molecule has 1 aliphatic rings. The lowest BCUT2D eigenvalue weighted by atomic mass is 10.1. The van der Waals surface area contributed by atoms with Crippen LogP contribution in [0, 0.1) is 6.92 Å². The Balaban J connectivity index is 1.78. The second kappa shape index (κ2) is 8.45. The summed E-state index contributed by atoms with van der Waals surface area (Å²) in [5, 5.41) is 20.5. The summed E-state index contributed by atoms with van der Waals surface area (Å²) >= 11 is 0. The van der Waals surface area contributed by atoms with Gasteiger partial charge in [-0.25, -0.2) is 19.6 Å². The van der Waals surface area contributed by atoms with Crippen LogP contribution in [0.15, 0.2) is 24.4 Å². The zero-order valence-corrected chi connectivity index (χ0v) is 18.6. The van der Waals surface area contributed by atoms with Crippen molar-refractivity contribution in [3.05, 3.63) is 41.6 Å². The van der Waals surface area contributed by atoms with Gasteiger partial charge in [0.25, 0.3) is 0 Å². The largest absolute Gasteiger partial charge is 0.370 e. The van der Waals surface area contributed by atoms with Gasteiger partial charge in [-0.2, -0.15) is 13.9 Å². The number of pyridine rings is 1. The zero-order valence-electron chi connectivity index (χ0n) is 18.6. The van der Waals surface area contributed by atoms with E-state index < -0.39 is 18.0 Å². The van der Waals surface area contributed by atoms with Crippen molar-refractivity contribution in [1.82, 2.24) is 29.6 Å². The number of hydrogen-bond acceptors (Lipinski definition) is 8. The van der Waals surface area contributed by atoms with E-state index in [-0.39, 0.29) is 17.5 Å². The Morgan fingerprint density at radius 2 is 2.00 bits per heavy atom. The van der Waals surface area contributed by atoms with Crippen molar-refractivity contribution in [3.63, 3.8) is 0 Å². The average Bonchev–Trinajstić information content (AvgIpc) is 3.10. The van der Waals surface area contributed by atoms with Gasteiger partial charge in [-0.3, -0.25) is 9.69 Å². The molecule has 4 heterocycles. The molecule has 10 nitrogen and oxygen atoms in total. The number of anilines is 3. The Labute approximate surface area is 188 Å². The van der Waals surface area contributed by atoms with Crippen molar-refractivity contribution in [2.45, 2.75) is 39.5 Å². The quantitative estimate of drug-likeness (QED) is 0.534. The Bertz CT molecular complexity index is 1210. The van der Waals surface area contributed by atoms with Crippen molar-refractivity contribution in [3.8, 4) is 11.3 Å². The van der Waals surface area contributed by atoms with E-state index in [2.05, 4.69) is 30.7 Å². The molecule has 1 aliphatic heterocycles. The normalized spacial score (nSPS) is 16.4. The third-order valence-electron chi connectivity index (χ3n) is 5.00. The van der Waals surface area contributed by atoms with Crippen LogP contribution in [0.4, 0.5) is 26.1 Å². The highest BCUT2D eigenvalue weighted by molar-refractivity contribution is 5.89. The minimum absolute atomic E-state index is 0.156. The van der Waals surface area contributed by atoms with Crippen molar-refractivity contribution >= 4 is 23.2 Å². The smallest absolute Gasteiger partial charge is 0.303 e. The van der Waals surface area contributed by atoms with Crippen molar-refractivity contribution in [2.24, 2.45) is 0 Å². The van der Waals surface area contributed by atoms with Crippen molar-refractivity contribution < 1.29 is 18.7 Å². The van der Waals surface area contributed by atoms with Gasteiger partial charge in [0.1, 0.15) is 11.6 Å². The first kappa shape index (κ1) is 22.7. The third kappa shape index (κ3) is 4.96. The first-order chi connectivity index (χ1) is 15.5. The van der Waals surface area contributed by atoms with Crippen LogP contribution in [0.5, 0.6) is 0 Å². The lowest BCUT2D eigenvalue weighted by molar-refractivity contribution is -0.114. The van der Waals surface area contributed by atoms with Crippen LogP contribution in [-0.4, -0.2) is 54.2 Å². The van der Waals surface area contributed by atoms with Crippen LogP contribution in [0.1, 0.15) is 37.3 Å². The molecular weight excluding hydrogens is 434 g/mol. The highest BCUT2D eigenvalue weighted by Gasteiger charge is 2.29. The van der Waals surface area contributed by atoms with Gasteiger partial charge in [0.15, 0.2) is 6.23 Å². The van der Waals surface area contributed by atoms with Crippen molar-refractivity contribution in [1.29, 1.82) is 0 Å². The Morgan fingerprint density at radius 1 is 1.24 bits per heavy atom. The molecule has 0 saturated carbocycles. The van der Waals surface area contributed by atoms with Gasteiger partial charge < -0.3 is 15.7 Å². The van der Waals surface area contributed by atoms with Gasteiger partial charge in [-0.1, -0.05) is 0 Å². The molecule has 0 saturated heterocycles. The number of alkyl halides is 2. The Kier molecular flexibility index (Phi) is 5.80. The topological polar surface area (TPSA) is 121 Å². The standard InChI is InChI=1S/C21H24F2N8O2/c1-11-5-18(28-20(25-11)21(3,22)23)27-15-7-17(26-12(2)32)24-8-14(15)16-6-13-9-30(4)10-19(33)31(13)29-16/h5-8,19,33H,9-10H2,1-4H3,(H2,24,25,26,27,28,32). The molecule has 3 aromatic rings. The monoisotopic (exact) mass is 458 g/mol. The van der Waals surface area contributed by atoms with E-state index in [0.717, 1.165) is 12.6 Å². The zero-order chi connectivity index (χ0) is 23.9. The van der Waals surface area contributed by atoms with E-state index in [1.165, 1.54) is 19.2 Å². The van der Waals surface area contributed by atoms with Crippen LogP contribution in [0.25, 0.3) is 11.3 Å². The van der Waals surface area contributed by atoms with E-state index in [0.29, 0.717) is 35.7 Å². The molecule has 0 bridgehead atoms. The number of hydrogen-bond donors (Lipinski definition) is 3. The molecule has 4 rings (SSSR count). The number of aliphatic hydroxyl groups excluding tert-OH is 1. The number of carbonyl (C=O) groups is 1. The number of nitrogens with one attached hydrogen (secondary N) is 2. The highest BCUT2D eigenvalue weighted by Crippen LogP contribution is 2.33. The number of aromatic nitrogens is 5. The first-order valence-corrected chi connectivity index (χ1v) is 10.2. The predicted octanol–water partition coefficient (Wildman–Crippen LogP) is 2.79. The van der Waals surface area contributed by atoms with Gasteiger partial charge in [0.2, 0.25) is 11.7 Å². The summed E-state index contributed by atoms with van der Waals surface area (Å²) in [5.41, 5.74) is 2.69. The number of carbonyl (C=O) groups excluding carboxylic acids is 1. The van der Waals surface area contributed by atoms with E-state index in [9.17, 15) is 18.7 Å². The first-order valence-electron chi connectivity index (χ1n) is 10.2. The summed E-state index contributed by atoms with van der Waals surface area (Å²) in [4.78, 5) is 25.5. The number of aryl methyl sites for hydroxylation is 1. The molecule has 0 aromatic carbocycles. The third-order valence-corrected chi connectivity index (χ3v) is 5.00. The lowest BCUT2D eigenvalue weighted by Gasteiger charge is -2.27. The van der Waals surface area contributed by atoms with Crippen LogP contribution in [-0.2, 0) is 17.3 Å². The maximum atomic E-state index is 13.9. The van der Waals surface area contributed by atoms with Gasteiger partial charge in [0.05, 0.1) is 17.1 Å². The van der Waals surface area contributed by atoms with Crippen LogP contribution in [0.2, 0.25) is 0 Å². The second-order valence-corrected chi connectivity index (χ2v) is 8.17. The molecule has 1 atom stereocenters. The Hall–Kier alpha value is -3.51. The minimum Gasteiger partial charge on any atom is -0.370 e. The fraction of sp³-hybridized carbons (Fsp3) is 0.381. The molecule has 1 amide bonds. The van der Waals surface area contributed by atoms with Gasteiger partial charge in [-0.15, -0.1) is 0 Å². The predicted molar refractivity (Wildman–Crippen MR) is 117 cm³/mol. The molecule has 0 aliphatic carbocycles. The summed E-state index contributed by atoms with van der Waals surface area (Å²) in [7, 11) is 1.90. The molecule has 1 unspecified atom stereocenters. The van der Waals surface area contributed by atoms with E-state index in [4.69, 9.17) is 0 Å². The lowest BCUT2D eigenvalue weighted by Crippen LogP contribution is -2.34.